The Labute approximate surface area is 164 Å². The first-order chi connectivity index (χ1) is 12.3. The van der Waals surface area contributed by atoms with Crippen LogP contribution in [0.25, 0.3) is 0 Å². The van der Waals surface area contributed by atoms with Gasteiger partial charge in [-0.2, -0.15) is 0 Å². The average molecular weight is 418 g/mol. The molecule has 8 heteroatoms. The highest BCUT2D eigenvalue weighted by atomic mass is 35.5. The number of hydrogen-bond donors (Lipinski definition) is 1. The lowest BCUT2D eigenvalue weighted by Crippen LogP contribution is -2.27. The predicted molar refractivity (Wildman–Crippen MR) is 104 cm³/mol. The van der Waals surface area contributed by atoms with Gasteiger partial charge < -0.3 is 9.47 Å². The van der Waals surface area contributed by atoms with Crippen molar-refractivity contribution in [1.82, 2.24) is 4.72 Å². The highest BCUT2D eigenvalue weighted by Crippen LogP contribution is 2.32. The molecule has 2 aromatic rings. The van der Waals surface area contributed by atoms with Gasteiger partial charge in [-0.15, -0.1) is 0 Å². The van der Waals surface area contributed by atoms with E-state index in [9.17, 15) is 8.42 Å². The molecule has 0 aliphatic heterocycles. The van der Waals surface area contributed by atoms with Gasteiger partial charge in [0.05, 0.1) is 18.2 Å². The quantitative estimate of drug-likeness (QED) is 0.667. The fourth-order valence-corrected chi connectivity index (χ4v) is 4.38. The van der Waals surface area contributed by atoms with Crippen molar-refractivity contribution in [3.05, 3.63) is 52.0 Å². The molecule has 26 heavy (non-hydrogen) atoms. The molecule has 0 spiro atoms. The second-order valence-electron chi connectivity index (χ2n) is 5.49. The highest BCUT2D eigenvalue weighted by Gasteiger charge is 2.22. The third-order valence-electron chi connectivity index (χ3n) is 3.58. The van der Waals surface area contributed by atoms with E-state index in [1.54, 1.807) is 25.1 Å². The number of benzene rings is 2. The molecule has 0 aromatic heterocycles. The normalized spacial score (nSPS) is 12.7. The van der Waals surface area contributed by atoms with Crippen molar-refractivity contribution >= 4 is 33.2 Å². The summed E-state index contributed by atoms with van der Waals surface area (Å²) in [5.41, 5.74) is 0.735. The Bertz CT molecular complexity index is 871. The smallest absolute Gasteiger partial charge is 0.242 e. The number of nitrogens with one attached hydrogen (secondary N) is 1. The molecule has 0 radical (unpaired) electrons. The molecule has 0 saturated carbocycles. The van der Waals surface area contributed by atoms with E-state index >= 15 is 0 Å². The van der Waals surface area contributed by atoms with Crippen LogP contribution in [-0.2, 0) is 10.0 Å². The van der Waals surface area contributed by atoms with E-state index in [2.05, 4.69) is 4.72 Å². The summed E-state index contributed by atoms with van der Waals surface area (Å²) in [6.45, 7) is 6.48. The molecule has 0 bridgehead atoms. The van der Waals surface area contributed by atoms with E-state index in [0.717, 1.165) is 5.56 Å². The molecule has 1 N–H and O–H groups in total. The molecule has 0 heterocycles. The number of rotatable bonds is 8. The molecule has 0 unspecified atom stereocenters. The molecule has 0 amide bonds. The van der Waals surface area contributed by atoms with E-state index < -0.39 is 16.1 Å². The van der Waals surface area contributed by atoms with Crippen LogP contribution >= 0.6 is 23.2 Å². The lowest BCUT2D eigenvalue weighted by atomic mass is 10.1. The van der Waals surface area contributed by atoms with Crippen molar-refractivity contribution in [2.75, 3.05) is 13.2 Å². The van der Waals surface area contributed by atoms with Crippen molar-refractivity contribution in [3.63, 3.8) is 0 Å². The van der Waals surface area contributed by atoms with Gasteiger partial charge in [0, 0.05) is 11.1 Å². The van der Waals surface area contributed by atoms with Gasteiger partial charge in [-0.3, -0.25) is 0 Å². The topological polar surface area (TPSA) is 64.6 Å². The zero-order valence-corrected chi connectivity index (χ0v) is 17.1. The minimum absolute atomic E-state index is 0.0607. The number of halogens is 2. The first-order valence-electron chi connectivity index (χ1n) is 8.15. The van der Waals surface area contributed by atoms with Gasteiger partial charge in [-0.1, -0.05) is 29.3 Å². The van der Waals surface area contributed by atoms with E-state index in [1.165, 1.54) is 18.2 Å². The predicted octanol–water partition coefficient (Wildman–Crippen LogP) is 4.83. The molecule has 1 atom stereocenters. The molecular weight excluding hydrogens is 397 g/mol. The lowest BCUT2D eigenvalue weighted by Gasteiger charge is -2.18. The van der Waals surface area contributed by atoms with Gasteiger partial charge in [0.15, 0.2) is 11.5 Å². The van der Waals surface area contributed by atoms with Crippen LogP contribution in [0.5, 0.6) is 11.5 Å². The van der Waals surface area contributed by atoms with Crippen LogP contribution in [0.2, 0.25) is 10.0 Å². The third kappa shape index (κ3) is 5.04. The molecule has 0 aliphatic carbocycles. The van der Waals surface area contributed by atoms with Crippen molar-refractivity contribution in [2.24, 2.45) is 0 Å². The number of ether oxygens (including phenoxy) is 2. The Balaban J connectivity index is 2.29. The largest absolute Gasteiger partial charge is 0.490 e. The summed E-state index contributed by atoms with van der Waals surface area (Å²) in [4.78, 5) is -0.0607. The van der Waals surface area contributed by atoms with Crippen molar-refractivity contribution < 1.29 is 17.9 Å². The monoisotopic (exact) mass is 417 g/mol. The Hall–Kier alpha value is -1.47. The van der Waals surface area contributed by atoms with Crippen molar-refractivity contribution in [1.29, 1.82) is 0 Å². The summed E-state index contributed by atoms with van der Waals surface area (Å²) in [6, 6.07) is 9.12. The van der Waals surface area contributed by atoms with Gasteiger partial charge in [0.25, 0.3) is 0 Å². The second-order valence-corrected chi connectivity index (χ2v) is 8.02. The summed E-state index contributed by atoms with van der Waals surface area (Å²) in [5.74, 6) is 1.18. The average Bonchev–Trinajstić information content (AvgIpc) is 2.58. The Morgan fingerprint density at radius 1 is 1.00 bits per heavy atom. The van der Waals surface area contributed by atoms with Crippen molar-refractivity contribution in [2.45, 2.75) is 31.7 Å². The molecule has 0 saturated heterocycles. The summed E-state index contributed by atoms with van der Waals surface area (Å²) in [5, 5.41) is 0.401. The SMILES string of the molecule is CCOc1ccc([C@H](C)NS(=O)(=O)c2cc(Cl)ccc2Cl)cc1OCC. The maximum absolute atomic E-state index is 12.7. The fourth-order valence-electron chi connectivity index (χ4n) is 2.38. The minimum Gasteiger partial charge on any atom is -0.490 e. The van der Waals surface area contributed by atoms with Gasteiger partial charge in [0.2, 0.25) is 10.0 Å². The fraction of sp³-hybridized carbons (Fsp3) is 0.333. The number of hydrogen-bond acceptors (Lipinski definition) is 4. The summed E-state index contributed by atoms with van der Waals surface area (Å²) in [7, 11) is -3.84. The summed E-state index contributed by atoms with van der Waals surface area (Å²) in [6.07, 6.45) is 0. The maximum atomic E-state index is 12.7. The van der Waals surface area contributed by atoms with E-state index in [1.807, 2.05) is 13.8 Å². The zero-order chi connectivity index (χ0) is 19.3. The van der Waals surface area contributed by atoms with Crippen LogP contribution in [0, 0.1) is 0 Å². The maximum Gasteiger partial charge on any atom is 0.242 e. The van der Waals surface area contributed by atoms with E-state index in [4.69, 9.17) is 32.7 Å². The van der Waals surface area contributed by atoms with Crippen LogP contribution in [0.4, 0.5) is 0 Å². The molecule has 2 aromatic carbocycles. The van der Waals surface area contributed by atoms with Gasteiger partial charge in [0.1, 0.15) is 4.90 Å². The van der Waals surface area contributed by atoms with Gasteiger partial charge >= 0.3 is 0 Å². The van der Waals surface area contributed by atoms with E-state index in [-0.39, 0.29) is 9.92 Å². The Kier molecular flexibility index (Phi) is 7.17. The molecule has 142 valence electrons. The molecule has 5 nitrogen and oxygen atoms in total. The third-order valence-corrected chi connectivity index (χ3v) is 5.84. The molecular formula is C18H21Cl2NO4S. The molecule has 0 fully saturated rings. The van der Waals surface area contributed by atoms with E-state index in [0.29, 0.717) is 29.7 Å². The Morgan fingerprint density at radius 2 is 1.65 bits per heavy atom. The molecule has 2 rings (SSSR count). The van der Waals surface area contributed by atoms with Gasteiger partial charge in [-0.05, 0) is 56.7 Å². The van der Waals surface area contributed by atoms with Crippen LogP contribution < -0.4 is 14.2 Å². The van der Waals surface area contributed by atoms with Crippen LogP contribution in [0.1, 0.15) is 32.4 Å². The second kappa shape index (κ2) is 8.95. The zero-order valence-electron chi connectivity index (χ0n) is 14.8. The summed E-state index contributed by atoms with van der Waals surface area (Å²) < 4.78 is 39.0. The minimum atomic E-state index is -3.84. The first kappa shape index (κ1) is 20.8. The van der Waals surface area contributed by atoms with Crippen LogP contribution in [0.3, 0.4) is 0 Å². The Morgan fingerprint density at radius 3 is 2.31 bits per heavy atom. The lowest BCUT2D eigenvalue weighted by molar-refractivity contribution is 0.287. The van der Waals surface area contributed by atoms with Crippen molar-refractivity contribution in [3.8, 4) is 11.5 Å². The molecule has 0 aliphatic rings. The van der Waals surface area contributed by atoms with Crippen LogP contribution in [0.15, 0.2) is 41.3 Å². The van der Waals surface area contributed by atoms with Crippen LogP contribution in [-0.4, -0.2) is 21.6 Å². The number of sulfonamides is 1. The highest BCUT2D eigenvalue weighted by molar-refractivity contribution is 7.89. The summed E-state index contributed by atoms with van der Waals surface area (Å²) >= 11 is 11.9. The standard InChI is InChI=1S/C18H21Cl2NO4S/c1-4-24-16-9-6-13(10-17(16)25-5-2)12(3)21-26(22,23)18-11-14(19)7-8-15(18)20/h6-12,21H,4-5H2,1-3H3/t12-/m0/s1. The van der Waals surface area contributed by atoms with Gasteiger partial charge in [-0.25, -0.2) is 13.1 Å². The first-order valence-corrected chi connectivity index (χ1v) is 10.4.